The zero-order valence-corrected chi connectivity index (χ0v) is 15.7. The highest BCUT2D eigenvalue weighted by Crippen LogP contribution is 2.48. The van der Waals surface area contributed by atoms with Gasteiger partial charge in [-0.3, -0.25) is 9.59 Å². The molecule has 2 atom stereocenters. The molecular formula is C20H21ClN2O3. The van der Waals surface area contributed by atoms with Gasteiger partial charge in [-0.15, -0.1) is 0 Å². The van der Waals surface area contributed by atoms with E-state index in [1.54, 1.807) is 44.2 Å². The quantitative estimate of drug-likeness (QED) is 0.640. The highest BCUT2D eigenvalue weighted by Gasteiger charge is 2.54. The number of carbonyl (C=O) groups is 2. The summed E-state index contributed by atoms with van der Waals surface area (Å²) in [4.78, 5) is 25.9. The topological polar surface area (TPSA) is 72.2 Å². The molecule has 1 heterocycles. The number of carboxylic acid groups (broad SMARTS) is 1. The lowest BCUT2D eigenvalue weighted by molar-refractivity contribution is -0.147. The van der Waals surface area contributed by atoms with Gasteiger partial charge in [-0.05, 0) is 57.4 Å². The second-order valence-corrected chi connectivity index (χ2v) is 7.42. The van der Waals surface area contributed by atoms with E-state index < -0.39 is 23.2 Å². The molecule has 1 aliphatic rings. The minimum Gasteiger partial charge on any atom is -0.480 e. The number of nitrogens with zero attached hydrogens (tertiary/aromatic N) is 2. The predicted octanol–water partition coefficient (Wildman–Crippen LogP) is 4.39. The summed E-state index contributed by atoms with van der Waals surface area (Å²) in [5.74, 6) is -2.11. The fourth-order valence-corrected chi connectivity index (χ4v) is 3.87. The molecule has 6 heteroatoms. The highest BCUT2D eigenvalue weighted by atomic mass is 35.5. The lowest BCUT2D eigenvalue weighted by atomic mass is 9.63. The fourth-order valence-electron chi connectivity index (χ4n) is 3.74. The molecule has 3 rings (SSSR count). The molecule has 5 nitrogen and oxygen atoms in total. The van der Waals surface area contributed by atoms with Gasteiger partial charge in [0.25, 0.3) is 5.91 Å². The summed E-state index contributed by atoms with van der Waals surface area (Å²) in [5, 5.41) is 15.0. The molecule has 136 valence electrons. The number of halogens is 1. The summed E-state index contributed by atoms with van der Waals surface area (Å²) in [6.45, 7) is 5.50. The minimum atomic E-state index is -1.60. The van der Waals surface area contributed by atoms with Gasteiger partial charge in [0.2, 0.25) is 0 Å². The van der Waals surface area contributed by atoms with Crippen LogP contribution >= 0.6 is 11.6 Å². The van der Waals surface area contributed by atoms with E-state index in [-0.39, 0.29) is 6.42 Å². The van der Waals surface area contributed by atoms with Crippen molar-refractivity contribution in [2.24, 2.45) is 5.41 Å². The normalized spacial score (nSPS) is 22.8. The van der Waals surface area contributed by atoms with Gasteiger partial charge in [0.1, 0.15) is 0 Å². The summed E-state index contributed by atoms with van der Waals surface area (Å²) in [6.07, 6.45) is 2.49. The summed E-state index contributed by atoms with van der Waals surface area (Å²) in [7, 11) is 0. The average molecular weight is 373 g/mol. The number of aromatic nitrogens is 2. The molecule has 2 aromatic rings. The maximum absolute atomic E-state index is 13.4. The SMILES string of the molecule is CC1=CCC(C(=O)O)(C(=O)n2nc(C)cc2C)C(c2ccc(Cl)cc2)C1. The van der Waals surface area contributed by atoms with Crippen molar-refractivity contribution in [2.45, 2.75) is 39.5 Å². The summed E-state index contributed by atoms with van der Waals surface area (Å²) >= 11 is 5.99. The Morgan fingerprint density at radius 1 is 1.23 bits per heavy atom. The molecule has 0 spiro atoms. The first-order valence-electron chi connectivity index (χ1n) is 8.48. The molecular weight excluding hydrogens is 352 g/mol. The van der Waals surface area contributed by atoms with Crippen molar-refractivity contribution in [3.63, 3.8) is 0 Å². The Hall–Kier alpha value is -2.40. The molecule has 1 aromatic carbocycles. The van der Waals surface area contributed by atoms with E-state index in [4.69, 9.17) is 11.6 Å². The van der Waals surface area contributed by atoms with E-state index in [1.165, 1.54) is 4.68 Å². The number of carbonyl (C=O) groups excluding carboxylic acids is 1. The fraction of sp³-hybridized carbons (Fsp3) is 0.350. The van der Waals surface area contributed by atoms with Gasteiger partial charge in [0.05, 0.1) is 5.69 Å². The van der Waals surface area contributed by atoms with Crippen molar-refractivity contribution in [1.29, 1.82) is 0 Å². The van der Waals surface area contributed by atoms with E-state index in [9.17, 15) is 14.7 Å². The van der Waals surface area contributed by atoms with Gasteiger partial charge in [0.15, 0.2) is 5.41 Å². The van der Waals surface area contributed by atoms with Gasteiger partial charge in [0, 0.05) is 16.6 Å². The molecule has 0 saturated carbocycles. The minimum absolute atomic E-state index is 0.138. The molecule has 1 N–H and O–H groups in total. The number of hydrogen-bond donors (Lipinski definition) is 1. The molecule has 0 aliphatic heterocycles. The van der Waals surface area contributed by atoms with Gasteiger partial charge in [-0.2, -0.15) is 5.10 Å². The Labute approximate surface area is 157 Å². The summed E-state index contributed by atoms with van der Waals surface area (Å²) in [5.41, 5.74) is 1.58. The molecule has 26 heavy (non-hydrogen) atoms. The van der Waals surface area contributed by atoms with Crippen molar-refractivity contribution in [1.82, 2.24) is 9.78 Å². The van der Waals surface area contributed by atoms with Gasteiger partial charge >= 0.3 is 5.97 Å². The maximum Gasteiger partial charge on any atom is 0.320 e. The van der Waals surface area contributed by atoms with Crippen molar-refractivity contribution in [3.8, 4) is 0 Å². The van der Waals surface area contributed by atoms with E-state index >= 15 is 0 Å². The van der Waals surface area contributed by atoms with Crippen molar-refractivity contribution in [2.75, 3.05) is 0 Å². The molecule has 0 bridgehead atoms. The number of aliphatic carboxylic acids is 1. The number of rotatable bonds is 3. The van der Waals surface area contributed by atoms with Crippen LogP contribution in [0.3, 0.4) is 0 Å². The second kappa shape index (κ2) is 6.72. The third kappa shape index (κ3) is 2.97. The van der Waals surface area contributed by atoms with Crippen LogP contribution in [0.5, 0.6) is 0 Å². The van der Waals surface area contributed by atoms with Crippen LogP contribution in [0.2, 0.25) is 5.02 Å². The maximum atomic E-state index is 13.4. The van der Waals surface area contributed by atoms with Crippen molar-refractivity contribution < 1.29 is 14.7 Å². The van der Waals surface area contributed by atoms with Gasteiger partial charge in [-0.25, -0.2) is 4.68 Å². The largest absolute Gasteiger partial charge is 0.480 e. The van der Waals surface area contributed by atoms with Crippen LogP contribution in [0.25, 0.3) is 0 Å². The lowest BCUT2D eigenvalue weighted by Gasteiger charge is -2.38. The molecule has 0 radical (unpaired) electrons. The Morgan fingerprint density at radius 2 is 1.88 bits per heavy atom. The van der Waals surface area contributed by atoms with E-state index in [1.807, 2.05) is 13.0 Å². The summed E-state index contributed by atoms with van der Waals surface area (Å²) < 4.78 is 1.24. The third-order valence-electron chi connectivity index (χ3n) is 5.13. The Kier molecular flexibility index (Phi) is 4.76. The molecule has 1 aromatic heterocycles. The number of benzene rings is 1. The van der Waals surface area contributed by atoms with Gasteiger partial charge < -0.3 is 5.11 Å². The van der Waals surface area contributed by atoms with Gasteiger partial charge in [-0.1, -0.05) is 35.4 Å². The zero-order chi connectivity index (χ0) is 19.1. The molecule has 1 aliphatic carbocycles. The Morgan fingerprint density at radius 3 is 2.42 bits per heavy atom. The molecule has 2 unspecified atom stereocenters. The van der Waals surface area contributed by atoms with Crippen molar-refractivity contribution in [3.05, 3.63) is 64.0 Å². The van der Waals surface area contributed by atoms with Crippen LogP contribution in [0.1, 0.15) is 47.4 Å². The summed E-state index contributed by atoms with van der Waals surface area (Å²) in [6, 6.07) is 8.83. The first kappa shape index (κ1) is 18.4. The van der Waals surface area contributed by atoms with Crippen LogP contribution in [-0.2, 0) is 4.79 Å². The van der Waals surface area contributed by atoms with Crippen molar-refractivity contribution >= 4 is 23.5 Å². The standard InChI is InChI=1S/C20H21ClN2O3/c1-12-8-9-20(19(25)26,18(24)23-14(3)11-13(2)22-23)17(10-12)15-4-6-16(21)7-5-15/h4-8,11,17H,9-10H2,1-3H3,(H,25,26). The third-order valence-corrected chi connectivity index (χ3v) is 5.38. The smallest absolute Gasteiger partial charge is 0.320 e. The Bertz CT molecular complexity index is 898. The van der Waals surface area contributed by atoms with Crippen LogP contribution in [0.4, 0.5) is 0 Å². The lowest BCUT2D eigenvalue weighted by Crippen LogP contribution is -2.48. The first-order valence-corrected chi connectivity index (χ1v) is 8.86. The molecule has 0 fully saturated rings. The zero-order valence-electron chi connectivity index (χ0n) is 15.0. The highest BCUT2D eigenvalue weighted by molar-refractivity contribution is 6.30. The number of allylic oxidation sites excluding steroid dienone is 2. The van der Waals surface area contributed by atoms with E-state index in [2.05, 4.69) is 5.10 Å². The molecule has 0 amide bonds. The predicted molar refractivity (Wildman–Crippen MR) is 99.6 cm³/mol. The monoisotopic (exact) mass is 372 g/mol. The van der Waals surface area contributed by atoms with Crippen LogP contribution in [-0.4, -0.2) is 26.8 Å². The Balaban J connectivity index is 2.18. The number of carboxylic acids is 1. The van der Waals surface area contributed by atoms with E-state index in [0.29, 0.717) is 22.8 Å². The number of hydrogen-bond acceptors (Lipinski definition) is 3. The van der Waals surface area contributed by atoms with Crippen LogP contribution in [0, 0.1) is 19.3 Å². The second-order valence-electron chi connectivity index (χ2n) is 6.98. The van der Waals surface area contributed by atoms with Crippen LogP contribution in [0.15, 0.2) is 42.0 Å². The molecule has 0 saturated heterocycles. The van der Waals surface area contributed by atoms with Crippen LogP contribution < -0.4 is 0 Å². The number of aryl methyl sites for hydroxylation is 2. The first-order chi connectivity index (χ1) is 12.3. The average Bonchev–Trinajstić information content (AvgIpc) is 2.93. The van der Waals surface area contributed by atoms with E-state index in [0.717, 1.165) is 11.1 Å².